The highest BCUT2D eigenvalue weighted by molar-refractivity contribution is 5.86. The van der Waals surface area contributed by atoms with Crippen molar-refractivity contribution < 1.29 is 14.3 Å². The molecule has 0 bridgehead atoms. The van der Waals surface area contributed by atoms with Crippen LogP contribution in [0, 0.1) is 6.92 Å². The lowest BCUT2D eigenvalue weighted by atomic mass is 9.95. The van der Waals surface area contributed by atoms with Crippen LogP contribution in [-0.4, -0.2) is 59.0 Å². The van der Waals surface area contributed by atoms with Gasteiger partial charge in [-0.05, 0) is 44.0 Å². The number of fused-ring (bicyclic) bond motifs is 1. The Morgan fingerprint density at radius 2 is 1.93 bits per heavy atom. The number of rotatable bonds is 6. The summed E-state index contributed by atoms with van der Waals surface area (Å²) in [5.74, 6) is -0.211. The lowest BCUT2D eigenvalue weighted by Crippen LogP contribution is -2.50. The molecule has 6 nitrogen and oxygen atoms in total. The molecule has 2 aromatic rings. The van der Waals surface area contributed by atoms with Crippen molar-refractivity contribution in [2.24, 2.45) is 0 Å². The van der Waals surface area contributed by atoms with Crippen LogP contribution in [0.4, 0.5) is 0 Å². The summed E-state index contributed by atoms with van der Waals surface area (Å²) in [7, 11) is 1.49. The van der Waals surface area contributed by atoms with Crippen molar-refractivity contribution in [3.8, 4) is 0 Å². The molecule has 0 saturated heterocycles. The Labute approximate surface area is 166 Å². The van der Waals surface area contributed by atoms with Crippen LogP contribution in [0.3, 0.4) is 0 Å². The number of hydrogen-bond donors (Lipinski definition) is 0. The van der Waals surface area contributed by atoms with Gasteiger partial charge in [-0.1, -0.05) is 24.3 Å². The minimum atomic E-state index is -0.168. The largest absolute Gasteiger partial charge is 0.375 e. The van der Waals surface area contributed by atoms with Crippen LogP contribution in [-0.2, 0) is 20.9 Å². The van der Waals surface area contributed by atoms with Gasteiger partial charge >= 0.3 is 0 Å². The van der Waals surface area contributed by atoms with Gasteiger partial charge in [0.05, 0.1) is 6.04 Å². The molecule has 1 unspecified atom stereocenters. The molecule has 0 saturated carbocycles. The zero-order chi connectivity index (χ0) is 20.3. The molecule has 0 fully saturated rings. The van der Waals surface area contributed by atoms with E-state index in [2.05, 4.69) is 35.9 Å². The zero-order valence-electron chi connectivity index (χ0n) is 17.1. The first-order valence-corrected chi connectivity index (χ1v) is 9.72. The first kappa shape index (κ1) is 20.1. The molecule has 1 aliphatic heterocycles. The maximum atomic E-state index is 13.3. The van der Waals surface area contributed by atoms with Gasteiger partial charge < -0.3 is 19.1 Å². The Balaban J connectivity index is 1.92. The summed E-state index contributed by atoms with van der Waals surface area (Å²) < 4.78 is 7.19. The topological polar surface area (TPSA) is 54.8 Å². The van der Waals surface area contributed by atoms with Crippen LogP contribution in [0.15, 0.2) is 42.6 Å². The first-order chi connectivity index (χ1) is 13.4. The third-order valence-electron chi connectivity index (χ3n) is 5.36. The fourth-order valence-corrected chi connectivity index (χ4v) is 3.87. The first-order valence-electron chi connectivity index (χ1n) is 9.72. The molecule has 6 heteroatoms. The van der Waals surface area contributed by atoms with Gasteiger partial charge in [0, 0.05) is 38.1 Å². The molecule has 28 heavy (non-hydrogen) atoms. The molecule has 0 N–H and O–H groups in total. The molecule has 0 spiro atoms. The molecule has 1 aliphatic rings. The van der Waals surface area contributed by atoms with Gasteiger partial charge in [0.15, 0.2) is 0 Å². The zero-order valence-corrected chi connectivity index (χ0v) is 17.1. The van der Waals surface area contributed by atoms with Crippen LogP contribution >= 0.6 is 0 Å². The maximum Gasteiger partial charge on any atom is 0.249 e. The van der Waals surface area contributed by atoms with Gasteiger partial charge in [-0.3, -0.25) is 9.59 Å². The quantitative estimate of drug-likeness (QED) is 0.771. The summed E-state index contributed by atoms with van der Waals surface area (Å²) in [6.45, 7) is 7.32. The van der Waals surface area contributed by atoms with E-state index < -0.39 is 0 Å². The summed E-state index contributed by atoms with van der Waals surface area (Å²) in [4.78, 5) is 29.2. The summed E-state index contributed by atoms with van der Waals surface area (Å²) in [6.07, 6.45) is 2.06. The molecule has 0 aliphatic carbocycles. The number of amides is 2. The van der Waals surface area contributed by atoms with E-state index in [-0.39, 0.29) is 37.0 Å². The van der Waals surface area contributed by atoms with E-state index in [1.54, 1.807) is 4.90 Å². The van der Waals surface area contributed by atoms with Gasteiger partial charge in [-0.25, -0.2) is 0 Å². The lowest BCUT2D eigenvalue weighted by molar-refractivity contribution is -0.145. The maximum absolute atomic E-state index is 13.3. The van der Waals surface area contributed by atoms with Crippen LogP contribution in [0.25, 0.3) is 0 Å². The molecule has 0 radical (unpaired) electrons. The van der Waals surface area contributed by atoms with Crippen molar-refractivity contribution in [2.45, 2.75) is 39.4 Å². The Morgan fingerprint density at radius 3 is 2.61 bits per heavy atom. The number of benzene rings is 1. The monoisotopic (exact) mass is 383 g/mol. The van der Waals surface area contributed by atoms with E-state index in [1.807, 2.05) is 36.9 Å². The van der Waals surface area contributed by atoms with Gasteiger partial charge in [0.25, 0.3) is 0 Å². The molecule has 3 rings (SSSR count). The van der Waals surface area contributed by atoms with E-state index >= 15 is 0 Å². The van der Waals surface area contributed by atoms with Crippen LogP contribution in [0.1, 0.15) is 36.7 Å². The van der Waals surface area contributed by atoms with Crippen molar-refractivity contribution in [1.82, 2.24) is 14.4 Å². The Morgan fingerprint density at radius 1 is 1.18 bits per heavy atom. The molecule has 150 valence electrons. The normalized spacial score (nSPS) is 16.2. The second-order valence-corrected chi connectivity index (χ2v) is 7.52. The molecular weight excluding hydrogens is 354 g/mol. The molecule has 1 aromatic heterocycles. The highest BCUT2D eigenvalue weighted by Crippen LogP contribution is 2.34. The van der Waals surface area contributed by atoms with E-state index in [1.165, 1.54) is 7.11 Å². The highest BCUT2D eigenvalue weighted by atomic mass is 16.5. The second kappa shape index (κ2) is 8.61. The van der Waals surface area contributed by atoms with Crippen molar-refractivity contribution in [1.29, 1.82) is 0 Å². The Hall–Kier alpha value is -2.60. The Kier molecular flexibility index (Phi) is 6.19. The summed E-state index contributed by atoms with van der Waals surface area (Å²) in [5, 5.41) is 0. The van der Waals surface area contributed by atoms with E-state index in [0.717, 1.165) is 23.4 Å². The number of aromatic nitrogens is 1. The summed E-state index contributed by atoms with van der Waals surface area (Å²) >= 11 is 0. The Bertz CT molecular complexity index is 843. The fourth-order valence-electron chi connectivity index (χ4n) is 3.87. The van der Waals surface area contributed by atoms with Crippen LogP contribution in [0.2, 0.25) is 0 Å². The minimum absolute atomic E-state index is 0.0183. The number of methoxy groups -OCH3 is 1. The van der Waals surface area contributed by atoms with Gasteiger partial charge in [-0.2, -0.15) is 0 Å². The number of hydrogen-bond acceptors (Lipinski definition) is 3. The third-order valence-corrected chi connectivity index (χ3v) is 5.36. The van der Waals surface area contributed by atoms with Crippen molar-refractivity contribution in [2.75, 3.05) is 26.8 Å². The molecule has 2 heterocycles. The van der Waals surface area contributed by atoms with Gasteiger partial charge in [-0.15, -0.1) is 0 Å². The number of carbonyl (C=O) groups is 2. The average Bonchev–Trinajstić information content (AvgIpc) is 3.14. The minimum Gasteiger partial charge on any atom is -0.375 e. The lowest BCUT2D eigenvalue weighted by Gasteiger charge is -2.39. The SMILES string of the molecule is COCC(=O)N(CC(=O)N1CCn2cccc2C1c1ccccc1C)C(C)C. The average molecular weight is 383 g/mol. The molecular formula is C22H29N3O3. The third kappa shape index (κ3) is 3.97. The van der Waals surface area contributed by atoms with Gasteiger partial charge in [0.1, 0.15) is 13.2 Å². The summed E-state index contributed by atoms with van der Waals surface area (Å²) in [6, 6.07) is 12.1. The van der Waals surface area contributed by atoms with E-state index in [0.29, 0.717) is 6.54 Å². The van der Waals surface area contributed by atoms with E-state index in [4.69, 9.17) is 4.74 Å². The van der Waals surface area contributed by atoms with Crippen molar-refractivity contribution in [3.05, 3.63) is 59.4 Å². The molecule has 1 atom stereocenters. The summed E-state index contributed by atoms with van der Waals surface area (Å²) in [5.41, 5.74) is 3.37. The highest BCUT2D eigenvalue weighted by Gasteiger charge is 2.34. The molecule has 2 amide bonds. The number of nitrogens with zero attached hydrogens (tertiary/aromatic N) is 3. The smallest absolute Gasteiger partial charge is 0.249 e. The van der Waals surface area contributed by atoms with Crippen LogP contribution < -0.4 is 0 Å². The number of aryl methyl sites for hydroxylation is 1. The molecule has 1 aromatic carbocycles. The van der Waals surface area contributed by atoms with Crippen LogP contribution in [0.5, 0.6) is 0 Å². The number of ether oxygens (including phenoxy) is 1. The fraction of sp³-hybridized carbons (Fsp3) is 0.455. The number of carbonyl (C=O) groups excluding carboxylic acids is 2. The standard InChI is InChI=1S/C22H29N3O3/c1-16(2)25(21(27)15-28-4)14-20(26)24-13-12-23-11-7-10-19(23)22(24)18-9-6-5-8-17(18)3/h5-11,16,22H,12-15H2,1-4H3. The van der Waals surface area contributed by atoms with Crippen molar-refractivity contribution >= 4 is 11.8 Å². The van der Waals surface area contributed by atoms with Crippen molar-refractivity contribution in [3.63, 3.8) is 0 Å². The van der Waals surface area contributed by atoms with Gasteiger partial charge in [0.2, 0.25) is 11.8 Å². The predicted molar refractivity (Wildman–Crippen MR) is 108 cm³/mol. The van der Waals surface area contributed by atoms with E-state index in [9.17, 15) is 9.59 Å². The predicted octanol–water partition coefficient (Wildman–Crippen LogP) is 2.61. The second-order valence-electron chi connectivity index (χ2n) is 7.52.